The second-order valence-electron chi connectivity index (χ2n) is 6.50. The van der Waals surface area contributed by atoms with Crippen LogP contribution in [0.1, 0.15) is 10.4 Å². The summed E-state index contributed by atoms with van der Waals surface area (Å²) in [6.45, 7) is 0. The Hall–Kier alpha value is -3.84. The number of nitrogens with zero attached hydrogens (tertiary/aromatic N) is 3. The van der Waals surface area contributed by atoms with Crippen LogP contribution in [0.15, 0.2) is 73.2 Å². The number of carbonyl (C=O) groups excluding carboxylic acids is 1. The average Bonchev–Trinajstić information content (AvgIpc) is 2.81. The van der Waals surface area contributed by atoms with E-state index in [4.69, 9.17) is 16.3 Å². The summed E-state index contributed by atoms with van der Waals surface area (Å²) in [6.07, 6.45) is 4.51. The average molecular weight is 435 g/mol. The molecule has 0 spiro atoms. The lowest BCUT2D eigenvalue weighted by Crippen LogP contribution is -2.13. The quantitative estimate of drug-likeness (QED) is 0.463. The van der Waals surface area contributed by atoms with Crippen LogP contribution in [0.25, 0.3) is 22.5 Å². The third kappa shape index (κ3) is 4.51. The first-order valence-corrected chi connectivity index (χ1v) is 9.61. The largest absolute Gasteiger partial charge is 0.497 e. The number of rotatable bonds is 5. The molecule has 1 N–H and O–H groups in total. The first-order valence-electron chi connectivity index (χ1n) is 9.23. The van der Waals surface area contributed by atoms with Gasteiger partial charge in [0.1, 0.15) is 11.6 Å². The van der Waals surface area contributed by atoms with Crippen molar-refractivity contribution in [2.24, 2.45) is 0 Å². The van der Waals surface area contributed by atoms with E-state index in [1.165, 1.54) is 30.7 Å². The minimum atomic E-state index is -0.523. The maximum atomic E-state index is 13.7. The number of ether oxygens (including phenoxy) is 1. The van der Waals surface area contributed by atoms with Crippen LogP contribution >= 0.6 is 11.6 Å². The molecule has 0 atom stereocenters. The molecule has 2 heterocycles. The van der Waals surface area contributed by atoms with E-state index < -0.39 is 5.82 Å². The third-order valence-corrected chi connectivity index (χ3v) is 4.80. The number of amides is 1. The molecule has 0 saturated heterocycles. The van der Waals surface area contributed by atoms with Gasteiger partial charge in [-0.15, -0.1) is 0 Å². The van der Waals surface area contributed by atoms with Crippen molar-refractivity contribution in [2.45, 2.75) is 0 Å². The molecule has 2 aromatic heterocycles. The van der Waals surface area contributed by atoms with Crippen molar-refractivity contribution in [3.63, 3.8) is 0 Å². The Balaban J connectivity index is 1.77. The molecule has 0 fully saturated rings. The van der Waals surface area contributed by atoms with Crippen molar-refractivity contribution in [3.05, 3.63) is 89.6 Å². The Bertz CT molecular complexity index is 1230. The Morgan fingerprint density at radius 1 is 1.00 bits per heavy atom. The minimum absolute atomic E-state index is 0.0185. The number of benzene rings is 2. The van der Waals surface area contributed by atoms with Crippen LogP contribution in [0.5, 0.6) is 5.75 Å². The number of pyridine rings is 1. The van der Waals surface area contributed by atoms with E-state index in [-0.39, 0.29) is 16.7 Å². The molecule has 0 saturated carbocycles. The SMILES string of the molecule is COc1ccc(-c2nc(NC(=O)c3ccncc3)cnc2-c2ccc(F)c(Cl)c2)cc1. The van der Waals surface area contributed by atoms with Crippen molar-refractivity contribution >= 4 is 23.3 Å². The summed E-state index contributed by atoms with van der Waals surface area (Å²) in [5.41, 5.74) is 2.77. The molecule has 1 amide bonds. The summed E-state index contributed by atoms with van der Waals surface area (Å²) in [6, 6.07) is 14.8. The molecule has 0 radical (unpaired) electrons. The van der Waals surface area contributed by atoms with Gasteiger partial charge < -0.3 is 10.1 Å². The van der Waals surface area contributed by atoms with Crippen molar-refractivity contribution in [2.75, 3.05) is 12.4 Å². The lowest BCUT2D eigenvalue weighted by Gasteiger charge is -2.12. The summed E-state index contributed by atoms with van der Waals surface area (Å²) in [5, 5.41) is 2.72. The molecule has 6 nitrogen and oxygen atoms in total. The normalized spacial score (nSPS) is 10.5. The van der Waals surface area contributed by atoms with E-state index in [1.807, 2.05) is 12.1 Å². The van der Waals surface area contributed by atoms with Crippen LogP contribution in [0, 0.1) is 5.82 Å². The first-order chi connectivity index (χ1) is 15.0. The lowest BCUT2D eigenvalue weighted by molar-refractivity contribution is 0.102. The number of aromatic nitrogens is 3. The number of anilines is 1. The number of methoxy groups -OCH3 is 1. The fourth-order valence-electron chi connectivity index (χ4n) is 2.95. The van der Waals surface area contributed by atoms with Crippen molar-refractivity contribution in [1.82, 2.24) is 15.0 Å². The van der Waals surface area contributed by atoms with E-state index in [2.05, 4.69) is 20.3 Å². The van der Waals surface area contributed by atoms with E-state index in [0.717, 1.165) is 5.56 Å². The highest BCUT2D eigenvalue weighted by Crippen LogP contribution is 2.32. The van der Waals surface area contributed by atoms with Crippen LogP contribution in [0.2, 0.25) is 5.02 Å². The second kappa shape index (κ2) is 8.89. The molecule has 0 aliphatic heterocycles. The van der Waals surface area contributed by atoms with Gasteiger partial charge in [-0.2, -0.15) is 0 Å². The second-order valence-corrected chi connectivity index (χ2v) is 6.91. The molecule has 0 aliphatic carbocycles. The van der Waals surface area contributed by atoms with Crippen LogP contribution in [0.4, 0.5) is 10.2 Å². The van der Waals surface area contributed by atoms with Crippen molar-refractivity contribution in [1.29, 1.82) is 0 Å². The molecule has 2 aromatic carbocycles. The lowest BCUT2D eigenvalue weighted by atomic mass is 10.0. The van der Waals surface area contributed by atoms with E-state index in [0.29, 0.717) is 28.3 Å². The highest BCUT2D eigenvalue weighted by molar-refractivity contribution is 6.31. The molecule has 31 heavy (non-hydrogen) atoms. The maximum absolute atomic E-state index is 13.7. The highest BCUT2D eigenvalue weighted by Gasteiger charge is 2.15. The van der Waals surface area contributed by atoms with Gasteiger partial charge in [0, 0.05) is 29.1 Å². The van der Waals surface area contributed by atoms with E-state index in [1.54, 1.807) is 37.4 Å². The fourth-order valence-corrected chi connectivity index (χ4v) is 3.13. The molecule has 8 heteroatoms. The number of nitrogens with one attached hydrogen (secondary N) is 1. The van der Waals surface area contributed by atoms with Gasteiger partial charge in [-0.05, 0) is 54.6 Å². The fraction of sp³-hybridized carbons (Fsp3) is 0.0435. The molecule has 4 aromatic rings. The zero-order valence-corrected chi connectivity index (χ0v) is 17.1. The van der Waals surface area contributed by atoms with E-state index >= 15 is 0 Å². The van der Waals surface area contributed by atoms with Crippen molar-refractivity contribution in [3.8, 4) is 28.3 Å². The molecular weight excluding hydrogens is 419 g/mol. The topological polar surface area (TPSA) is 77.0 Å². The monoisotopic (exact) mass is 434 g/mol. The maximum Gasteiger partial charge on any atom is 0.256 e. The third-order valence-electron chi connectivity index (χ3n) is 4.51. The Kier molecular flexibility index (Phi) is 5.86. The summed E-state index contributed by atoms with van der Waals surface area (Å²) >= 11 is 5.97. The molecular formula is C23H16ClFN4O2. The predicted molar refractivity (Wildman–Crippen MR) is 117 cm³/mol. The number of halogens is 2. The highest BCUT2D eigenvalue weighted by atomic mass is 35.5. The molecule has 154 valence electrons. The standard InChI is InChI=1S/C23H16ClFN4O2/c1-31-17-5-2-14(3-6-17)22-21(16-4-7-19(25)18(24)12-16)27-13-20(28-22)29-23(30)15-8-10-26-11-9-15/h2-13H,1H3,(H,28,29,30). The zero-order chi connectivity index (χ0) is 21.8. The van der Waals surface area contributed by atoms with Gasteiger partial charge in [-0.3, -0.25) is 14.8 Å². The van der Waals surface area contributed by atoms with Gasteiger partial charge in [0.2, 0.25) is 0 Å². The van der Waals surface area contributed by atoms with Gasteiger partial charge in [-0.1, -0.05) is 11.6 Å². The van der Waals surface area contributed by atoms with Crippen LogP contribution < -0.4 is 10.1 Å². The van der Waals surface area contributed by atoms with Crippen LogP contribution in [0.3, 0.4) is 0 Å². The Morgan fingerprint density at radius 2 is 1.71 bits per heavy atom. The van der Waals surface area contributed by atoms with Gasteiger partial charge in [-0.25, -0.2) is 9.37 Å². The van der Waals surface area contributed by atoms with Crippen LogP contribution in [-0.4, -0.2) is 28.0 Å². The summed E-state index contributed by atoms with van der Waals surface area (Å²) in [7, 11) is 1.58. The molecule has 0 bridgehead atoms. The van der Waals surface area contributed by atoms with Gasteiger partial charge >= 0.3 is 0 Å². The van der Waals surface area contributed by atoms with Gasteiger partial charge in [0.15, 0.2) is 5.82 Å². The zero-order valence-electron chi connectivity index (χ0n) is 16.3. The Morgan fingerprint density at radius 3 is 2.39 bits per heavy atom. The summed E-state index contributed by atoms with van der Waals surface area (Å²) < 4.78 is 18.9. The summed E-state index contributed by atoms with van der Waals surface area (Å²) in [5.74, 6) is 0.0929. The smallest absolute Gasteiger partial charge is 0.256 e. The number of hydrogen-bond donors (Lipinski definition) is 1. The number of hydrogen-bond acceptors (Lipinski definition) is 5. The number of carbonyl (C=O) groups is 1. The van der Waals surface area contributed by atoms with Gasteiger partial charge in [0.05, 0.1) is 29.7 Å². The molecule has 0 unspecified atom stereocenters. The van der Waals surface area contributed by atoms with E-state index in [9.17, 15) is 9.18 Å². The predicted octanol–water partition coefficient (Wildman–Crippen LogP) is 5.26. The first kappa shape index (κ1) is 20.4. The molecule has 4 rings (SSSR count). The Labute approximate surface area is 182 Å². The van der Waals surface area contributed by atoms with Crippen LogP contribution in [-0.2, 0) is 0 Å². The molecule has 0 aliphatic rings. The minimum Gasteiger partial charge on any atom is -0.497 e. The van der Waals surface area contributed by atoms with Gasteiger partial charge in [0.25, 0.3) is 5.91 Å². The summed E-state index contributed by atoms with van der Waals surface area (Å²) in [4.78, 5) is 25.5. The van der Waals surface area contributed by atoms with Crippen molar-refractivity contribution < 1.29 is 13.9 Å².